The number of rotatable bonds is 8. The Morgan fingerprint density at radius 3 is 2.65 bits per heavy atom. The molecule has 0 spiro atoms. The van der Waals surface area contributed by atoms with Gasteiger partial charge in [0.1, 0.15) is 0 Å². The summed E-state index contributed by atoms with van der Waals surface area (Å²) in [5.41, 5.74) is 2.45. The second-order valence-electron chi connectivity index (χ2n) is 4.94. The standard InChI is InChI=1S/C14H27N3/c1-5-6-7-8-9-13(15-3)11-14-10-12(2)16-17(14)4/h10,13,15H,5-9,11H2,1-4H3. The second kappa shape index (κ2) is 7.49. The van der Waals surface area contributed by atoms with Gasteiger partial charge in [-0.3, -0.25) is 4.68 Å². The largest absolute Gasteiger partial charge is 0.317 e. The minimum Gasteiger partial charge on any atom is -0.317 e. The van der Waals surface area contributed by atoms with Crippen molar-refractivity contribution in [2.24, 2.45) is 7.05 Å². The van der Waals surface area contributed by atoms with Crippen LogP contribution in [0, 0.1) is 6.92 Å². The molecule has 98 valence electrons. The molecule has 0 aromatic carbocycles. The van der Waals surface area contributed by atoms with Gasteiger partial charge in [-0.15, -0.1) is 0 Å². The minimum absolute atomic E-state index is 0.585. The van der Waals surface area contributed by atoms with E-state index in [0.29, 0.717) is 6.04 Å². The topological polar surface area (TPSA) is 29.9 Å². The first-order valence-corrected chi connectivity index (χ1v) is 6.84. The monoisotopic (exact) mass is 237 g/mol. The van der Waals surface area contributed by atoms with E-state index >= 15 is 0 Å². The lowest BCUT2D eigenvalue weighted by Crippen LogP contribution is -2.28. The summed E-state index contributed by atoms with van der Waals surface area (Å²) in [5.74, 6) is 0. The van der Waals surface area contributed by atoms with Crippen molar-refractivity contribution in [2.75, 3.05) is 7.05 Å². The van der Waals surface area contributed by atoms with Gasteiger partial charge in [0.25, 0.3) is 0 Å². The van der Waals surface area contributed by atoms with Crippen LogP contribution in [-0.2, 0) is 13.5 Å². The fraction of sp³-hybridized carbons (Fsp3) is 0.786. The van der Waals surface area contributed by atoms with Crippen LogP contribution in [0.25, 0.3) is 0 Å². The summed E-state index contributed by atoms with van der Waals surface area (Å²) < 4.78 is 2.01. The van der Waals surface area contributed by atoms with Gasteiger partial charge in [-0.25, -0.2) is 0 Å². The van der Waals surface area contributed by atoms with Crippen LogP contribution in [0.4, 0.5) is 0 Å². The number of nitrogens with one attached hydrogen (secondary N) is 1. The van der Waals surface area contributed by atoms with Crippen LogP contribution in [0.2, 0.25) is 0 Å². The van der Waals surface area contributed by atoms with Gasteiger partial charge in [-0.2, -0.15) is 5.10 Å². The third-order valence-electron chi connectivity index (χ3n) is 3.37. The molecule has 0 aliphatic carbocycles. The molecule has 0 saturated heterocycles. The van der Waals surface area contributed by atoms with Crippen molar-refractivity contribution in [1.29, 1.82) is 0 Å². The Balaban J connectivity index is 2.38. The first-order valence-electron chi connectivity index (χ1n) is 6.84. The Hall–Kier alpha value is -0.830. The summed E-state index contributed by atoms with van der Waals surface area (Å²) in [7, 11) is 4.10. The number of nitrogens with zero attached hydrogens (tertiary/aromatic N) is 2. The van der Waals surface area contributed by atoms with Gasteiger partial charge < -0.3 is 5.32 Å². The maximum absolute atomic E-state index is 4.40. The van der Waals surface area contributed by atoms with E-state index in [1.165, 1.54) is 37.8 Å². The highest BCUT2D eigenvalue weighted by Crippen LogP contribution is 2.11. The van der Waals surface area contributed by atoms with Crippen LogP contribution >= 0.6 is 0 Å². The molecule has 17 heavy (non-hydrogen) atoms. The van der Waals surface area contributed by atoms with E-state index in [-0.39, 0.29) is 0 Å². The molecule has 0 saturated carbocycles. The normalized spacial score (nSPS) is 12.9. The van der Waals surface area contributed by atoms with Crippen molar-refractivity contribution in [2.45, 2.75) is 58.4 Å². The predicted octanol–water partition coefficient (Wildman–Crippen LogP) is 2.83. The third kappa shape index (κ3) is 4.90. The number of unbranched alkanes of at least 4 members (excludes halogenated alkanes) is 3. The molecule has 1 rings (SSSR count). The molecule has 1 atom stereocenters. The molecule has 1 aromatic heterocycles. The molecule has 1 unspecified atom stereocenters. The van der Waals surface area contributed by atoms with E-state index in [1.807, 2.05) is 11.7 Å². The van der Waals surface area contributed by atoms with Gasteiger partial charge in [-0.1, -0.05) is 32.6 Å². The number of hydrogen-bond donors (Lipinski definition) is 1. The zero-order chi connectivity index (χ0) is 12.7. The highest BCUT2D eigenvalue weighted by molar-refractivity contribution is 5.09. The summed E-state index contributed by atoms with van der Waals surface area (Å²) in [5, 5.41) is 7.82. The summed E-state index contributed by atoms with van der Waals surface area (Å²) in [6.45, 7) is 4.31. The average molecular weight is 237 g/mol. The lowest BCUT2D eigenvalue weighted by Gasteiger charge is -2.15. The van der Waals surface area contributed by atoms with Crippen molar-refractivity contribution in [3.05, 3.63) is 17.5 Å². The van der Waals surface area contributed by atoms with Crippen molar-refractivity contribution in [1.82, 2.24) is 15.1 Å². The molecule has 3 heteroatoms. The van der Waals surface area contributed by atoms with Crippen LogP contribution in [-0.4, -0.2) is 22.9 Å². The van der Waals surface area contributed by atoms with Crippen molar-refractivity contribution in [3.63, 3.8) is 0 Å². The first kappa shape index (κ1) is 14.2. The molecule has 0 amide bonds. The molecule has 1 aromatic rings. The molecule has 0 aliphatic heterocycles. The Bertz CT molecular complexity index is 317. The van der Waals surface area contributed by atoms with E-state index in [4.69, 9.17) is 0 Å². The Kier molecular flexibility index (Phi) is 6.27. The third-order valence-corrected chi connectivity index (χ3v) is 3.37. The summed E-state index contributed by atoms with van der Waals surface area (Å²) in [4.78, 5) is 0. The second-order valence-corrected chi connectivity index (χ2v) is 4.94. The number of aromatic nitrogens is 2. The van der Waals surface area contributed by atoms with Gasteiger partial charge >= 0.3 is 0 Å². The van der Waals surface area contributed by atoms with Crippen LogP contribution in [0.15, 0.2) is 6.07 Å². The highest BCUT2D eigenvalue weighted by atomic mass is 15.3. The Morgan fingerprint density at radius 1 is 1.35 bits per heavy atom. The van der Waals surface area contributed by atoms with E-state index < -0.39 is 0 Å². The fourth-order valence-electron chi connectivity index (χ4n) is 2.27. The molecule has 0 fully saturated rings. The zero-order valence-electron chi connectivity index (χ0n) is 11.8. The van der Waals surface area contributed by atoms with E-state index in [1.54, 1.807) is 0 Å². The molecule has 0 radical (unpaired) electrons. The minimum atomic E-state index is 0.585. The average Bonchev–Trinajstić information content (AvgIpc) is 2.61. The van der Waals surface area contributed by atoms with Gasteiger partial charge in [0.2, 0.25) is 0 Å². The smallest absolute Gasteiger partial charge is 0.0596 e. The van der Waals surface area contributed by atoms with Crippen molar-refractivity contribution < 1.29 is 0 Å². The van der Waals surface area contributed by atoms with Crippen LogP contribution in [0.1, 0.15) is 50.4 Å². The SMILES string of the molecule is CCCCCCC(Cc1cc(C)nn1C)NC. The Labute approximate surface area is 106 Å². The molecular weight excluding hydrogens is 210 g/mol. The molecule has 0 bridgehead atoms. The predicted molar refractivity (Wildman–Crippen MR) is 73.3 cm³/mol. The van der Waals surface area contributed by atoms with Crippen molar-refractivity contribution in [3.8, 4) is 0 Å². The quantitative estimate of drug-likeness (QED) is 0.705. The number of likely N-dealkylation sites (N-methyl/N-ethyl adjacent to an activating group) is 1. The first-order chi connectivity index (χ1) is 8.17. The zero-order valence-corrected chi connectivity index (χ0v) is 11.8. The van der Waals surface area contributed by atoms with Crippen LogP contribution in [0.3, 0.4) is 0 Å². The van der Waals surface area contributed by atoms with E-state index in [9.17, 15) is 0 Å². The van der Waals surface area contributed by atoms with Gasteiger partial charge in [0.05, 0.1) is 5.69 Å². The van der Waals surface area contributed by atoms with Crippen molar-refractivity contribution >= 4 is 0 Å². The van der Waals surface area contributed by atoms with E-state index in [2.05, 4.69) is 37.4 Å². The van der Waals surface area contributed by atoms with Gasteiger partial charge in [-0.05, 0) is 26.5 Å². The van der Waals surface area contributed by atoms with E-state index in [0.717, 1.165) is 12.1 Å². The molecule has 3 nitrogen and oxygen atoms in total. The molecule has 0 aliphatic rings. The van der Waals surface area contributed by atoms with Gasteiger partial charge in [0, 0.05) is 25.2 Å². The fourth-order valence-corrected chi connectivity index (χ4v) is 2.27. The van der Waals surface area contributed by atoms with Gasteiger partial charge in [0.15, 0.2) is 0 Å². The summed E-state index contributed by atoms with van der Waals surface area (Å²) >= 11 is 0. The molecular formula is C14H27N3. The maximum atomic E-state index is 4.40. The maximum Gasteiger partial charge on any atom is 0.0596 e. The number of aryl methyl sites for hydroxylation is 2. The molecule has 1 N–H and O–H groups in total. The molecule has 1 heterocycles. The summed E-state index contributed by atoms with van der Waals surface area (Å²) in [6.07, 6.45) is 7.71. The lowest BCUT2D eigenvalue weighted by atomic mass is 10.0. The van der Waals surface area contributed by atoms with Crippen LogP contribution < -0.4 is 5.32 Å². The highest BCUT2D eigenvalue weighted by Gasteiger charge is 2.10. The summed E-state index contributed by atoms with van der Waals surface area (Å²) in [6, 6.07) is 2.78. The lowest BCUT2D eigenvalue weighted by molar-refractivity contribution is 0.473. The van der Waals surface area contributed by atoms with Crippen LogP contribution in [0.5, 0.6) is 0 Å². The Morgan fingerprint density at radius 2 is 2.12 bits per heavy atom. The number of hydrogen-bond acceptors (Lipinski definition) is 2.